The van der Waals surface area contributed by atoms with E-state index in [9.17, 15) is 14.9 Å². The number of nitrogens with two attached hydrogens (primary N) is 1. The van der Waals surface area contributed by atoms with Crippen molar-refractivity contribution in [2.24, 2.45) is 0 Å². The molecule has 8 heteroatoms. The minimum Gasteiger partial charge on any atom is -0.460 e. The summed E-state index contributed by atoms with van der Waals surface area (Å²) in [6, 6.07) is 3.62. The second-order valence-corrected chi connectivity index (χ2v) is 4.12. The van der Waals surface area contributed by atoms with Crippen molar-refractivity contribution in [3.05, 3.63) is 33.9 Å². The summed E-state index contributed by atoms with van der Waals surface area (Å²) >= 11 is 0. The maximum absolute atomic E-state index is 11.8. The Hall–Kier alpha value is -2.19. The molecule has 0 aromatic heterocycles. The fourth-order valence-electron chi connectivity index (χ4n) is 1.51. The van der Waals surface area contributed by atoms with Gasteiger partial charge in [-0.3, -0.25) is 10.1 Å². The first kappa shape index (κ1) is 16.9. The van der Waals surface area contributed by atoms with Crippen LogP contribution in [0.1, 0.15) is 16.8 Å². The van der Waals surface area contributed by atoms with Crippen LogP contribution in [-0.4, -0.2) is 44.4 Å². The van der Waals surface area contributed by atoms with Gasteiger partial charge in [-0.1, -0.05) is 0 Å². The van der Waals surface area contributed by atoms with Gasteiger partial charge >= 0.3 is 5.97 Å². The van der Waals surface area contributed by atoms with Gasteiger partial charge in [-0.25, -0.2) is 4.79 Å². The first-order chi connectivity index (χ1) is 10.1. The second kappa shape index (κ2) is 8.88. The lowest BCUT2D eigenvalue weighted by atomic mass is 10.1. The average Bonchev–Trinajstić information content (AvgIpc) is 2.46. The highest BCUT2D eigenvalue weighted by molar-refractivity contribution is 5.95. The lowest BCUT2D eigenvalue weighted by molar-refractivity contribution is -0.384. The van der Waals surface area contributed by atoms with Crippen molar-refractivity contribution in [3.8, 4) is 0 Å². The van der Waals surface area contributed by atoms with Crippen LogP contribution < -0.4 is 5.73 Å². The number of anilines is 1. The Labute approximate surface area is 121 Å². The number of nitro groups is 1. The van der Waals surface area contributed by atoms with Crippen LogP contribution >= 0.6 is 0 Å². The topological polar surface area (TPSA) is 114 Å². The summed E-state index contributed by atoms with van der Waals surface area (Å²) < 4.78 is 15.0. The number of methoxy groups -OCH3 is 1. The molecule has 0 amide bonds. The third-order valence-corrected chi connectivity index (χ3v) is 2.57. The molecule has 2 N–H and O–H groups in total. The molecule has 0 unspecified atom stereocenters. The van der Waals surface area contributed by atoms with Crippen molar-refractivity contribution in [2.45, 2.75) is 6.42 Å². The number of benzene rings is 1. The van der Waals surface area contributed by atoms with E-state index in [2.05, 4.69) is 0 Å². The number of hydrogen-bond acceptors (Lipinski definition) is 7. The molecule has 0 saturated heterocycles. The van der Waals surface area contributed by atoms with Crippen LogP contribution in [0.4, 0.5) is 11.4 Å². The highest BCUT2D eigenvalue weighted by Crippen LogP contribution is 2.20. The number of non-ortho nitro benzene ring substituents is 1. The molecule has 116 valence electrons. The number of nitro benzene ring substituents is 1. The van der Waals surface area contributed by atoms with E-state index in [1.807, 2.05) is 0 Å². The van der Waals surface area contributed by atoms with Gasteiger partial charge in [0.05, 0.1) is 17.1 Å². The molecule has 1 aromatic rings. The molecule has 0 heterocycles. The van der Waals surface area contributed by atoms with Crippen molar-refractivity contribution >= 4 is 17.3 Å². The number of ether oxygens (including phenoxy) is 3. The van der Waals surface area contributed by atoms with Crippen molar-refractivity contribution in [1.82, 2.24) is 0 Å². The number of hydrogen-bond donors (Lipinski definition) is 1. The Kier molecular flexibility index (Phi) is 7.13. The molecule has 0 aliphatic carbocycles. The molecule has 0 radical (unpaired) electrons. The first-order valence-electron chi connectivity index (χ1n) is 6.34. The molecule has 0 aliphatic rings. The van der Waals surface area contributed by atoms with E-state index in [0.29, 0.717) is 13.2 Å². The summed E-state index contributed by atoms with van der Waals surface area (Å²) in [5.74, 6) is -0.711. The Morgan fingerprint density at radius 2 is 2.05 bits per heavy atom. The van der Waals surface area contributed by atoms with Gasteiger partial charge in [0.2, 0.25) is 0 Å². The maximum Gasteiger partial charge on any atom is 0.340 e. The zero-order chi connectivity index (χ0) is 15.7. The molecule has 0 spiro atoms. The monoisotopic (exact) mass is 298 g/mol. The van der Waals surface area contributed by atoms with Crippen LogP contribution in [0, 0.1) is 10.1 Å². The van der Waals surface area contributed by atoms with Gasteiger partial charge in [0.1, 0.15) is 6.61 Å². The summed E-state index contributed by atoms with van der Waals surface area (Å²) in [4.78, 5) is 21.8. The quantitative estimate of drug-likeness (QED) is 0.241. The number of esters is 1. The van der Waals surface area contributed by atoms with Gasteiger partial charge in [0.25, 0.3) is 5.69 Å². The third kappa shape index (κ3) is 5.76. The third-order valence-electron chi connectivity index (χ3n) is 2.57. The van der Waals surface area contributed by atoms with E-state index >= 15 is 0 Å². The van der Waals surface area contributed by atoms with E-state index in [0.717, 1.165) is 12.5 Å². The van der Waals surface area contributed by atoms with E-state index in [4.69, 9.17) is 19.9 Å². The van der Waals surface area contributed by atoms with Crippen LogP contribution in [0.5, 0.6) is 0 Å². The molecule has 1 rings (SSSR count). The van der Waals surface area contributed by atoms with Crippen molar-refractivity contribution < 1.29 is 23.9 Å². The van der Waals surface area contributed by atoms with Crippen molar-refractivity contribution in [3.63, 3.8) is 0 Å². The van der Waals surface area contributed by atoms with Gasteiger partial charge in [0, 0.05) is 38.1 Å². The van der Waals surface area contributed by atoms with E-state index in [1.165, 1.54) is 12.1 Å². The van der Waals surface area contributed by atoms with E-state index in [1.54, 1.807) is 7.11 Å². The summed E-state index contributed by atoms with van der Waals surface area (Å²) in [6.45, 7) is 1.40. The summed E-state index contributed by atoms with van der Waals surface area (Å²) in [6.07, 6.45) is 0.752. The van der Waals surface area contributed by atoms with Crippen LogP contribution in [0.15, 0.2) is 18.2 Å². The van der Waals surface area contributed by atoms with Gasteiger partial charge in [0.15, 0.2) is 0 Å². The lowest BCUT2D eigenvalue weighted by Crippen LogP contribution is -2.13. The maximum atomic E-state index is 11.8. The summed E-state index contributed by atoms with van der Waals surface area (Å²) in [7, 11) is 1.60. The summed E-state index contributed by atoms with van der Waals surface area (Å²) in [5, 5.41) is 10.7. The zero-order valence-electron chi connectivity index (χ0n) is 11.7. The fourth-order valence-corrected chi connectivity index (χ4v) is 1.51. The van der Waals surface area contributed by atoms with Gasteiger partial charge in [-0.2, -0.15) is 0 Å². The number of carbonyl (C=O) groups excluding carboxylic acids is 1. The molecule has 21 heavy (non-hydrogen) atoms. The molecule has 0 atom stereocenters. The molecule has 0 fully saturated rings. The van der Waals surface area contributed by atoms with Gasteiger partial charge in [-0.05, 0) is 12.5 Å². The molecule has 0 saturated carbocycles. The standard InChI is InChI=1S/C13H18N2O6/c1-19-5-2-6-20-7-8-21-13(16)11-9-10(15(17)18)3-4-12(11)14/h3-4,9H,2,5-8,14H2,1H3. The SMILES string of the molecule is COCCCOCCOC(=O)c1cc([N+](=O)[O-])ccc1N. The summed E-state index contributed by atoms with van der Waals surface area (Å²) in [5.41, 5.74) is 5.50. The van der Waals surface area contributed by atoms with Gasteiger partial charge < -0.3 is 19.9 Å². The molecule has 0 bridgehead atoms. The molecular formula is C13H18N2O6. The number of rotatable bonds is 9. The highest BCUT2D eigenvalue weighted by Gasteiger charge is 2.16. The highest BCUT2D eigenvalue weighted by atomic mass is 16.6. The van der Waals surface area contributed by atoms with Crippen molar-refractivity contribution in [1.29, 1.82) is 0 Å². The zero-order valence-corrected chi connectivity index (χ0v) is 11.7. The van der Waals surface area contributed by atoms with Crippen LogP contribution in [0.2, 0.25) is 0 Å². The minimum absolute atomic E-state index is 0.0245. The predicted octanol–water partition coefficient (Wildman–Crippen LogP) is 1.39. The number of nitrogen functional groups attached to an aromatic ring is 1. The van der Waals surface area contributed by atoms with Crippen LogP contribution in [0.25, 0.3) is 0 Å². The van der Waals surface area contributed by atoms with Crippen molar-refractivity contribution in [2.75, 3.05) is 39.3 Å². The molecule has 0 aliphatic heterocycles. The normalized spacial score (nSPS) is 10.3. The Bertz CT molecular complexity index is 492. The second-order valence-electron chi connectivity index (χ2n) is 4.12. The van der Waals surface area contributed by atoms with E-state index in [-0.39, 0.29) is 30.2 Å². The Morgan fingerprint density at radius 1 is 1.29 bits per heavy atom. The van der Waals surface area contributed by atoms with Crippen LogP contribution in [-0.2, 0) is 14.2 Å². The fraction of sp³-hybridized carbons (Fsp3) is 0.462. The molecule has 1 aromatic carbocycles. The number of nitrogens with zero attached hydrogens (tertiary/aromatic N) is 1. The Balaban J connectivity index is 2.41. The number of carbonyl (C=O) groups is 1. The minimum atomic E-state index is -0.711. The average molecular weight is 298 g/mol. The van der Waals surface area contributed by atoms with Gasteiger partial charge in [-0.15, -0.1) is 0 Å². The molecular weight excluding hydrogens is 280 g/mol. The lowest BCUT2D eigenvalue weighted by Gasteiger charge is -2.07. The smallest absolute Gasteiger partial charge is 0.340 e. The Morgan fingerprint density at radius 3 is 2.71 bits per heavy atom. The van der Waals surface area contributed by atoms with E-state index < -0.39 is 10.9 Å². The molecule has 8 nitrogen and oxygen atoms in total. The first-order valence-corrected chi connectivity index (χ1v) is 6.34. The predicted molar refractivity (Wildman–Crippen MR) is 75.1 cm³/mol. The van der Waals surface area contributed by atoms with Crippen LogP contribution in [0.3, 0.4) is 0 Å². The largest absolute Gasteiger partial charge is 0.460 e.